The number of methoxy groups -OCH3 is 1. The third-order valence-electron chi connectivity index (χ3n) is 3.49. The highest BCUT2D eigenvalue weighted by Crippen LogP contribution is 2.32. The van der Waals surface area contributed by atoms with Crippen LogP contribution in [0.5, 0.6) is 0 Å². The van der Waals surface area contributed by atoms with Crippen molar-refractivity contribution in [1.82, 2.24) is 5.32 Å². The lowest BCUT2D eigenvalue weighted by Gasteiger charge is -2.27. The topological polar surface area (TPSA) is 47.6 Å². The van der Waals surface area contributed by atoms with Crippen LogP contribution in [0.1, 0.15) is 39.0 Å². The van der Waals surface area contributed by atoms with E-state index in [0.717, 1.165) is 31.8 Å². The average molecular weight is 241 g/mol. The van der Waals surface area contributed by atoms with Crippen LogP contribution in [-0.4, -0.2) is 37.9 Å². The fraction of sp³-hybridized carbons (Fsp3) is 0.923. The molecule has 1 atom stereocenters. The van der Waals surface area contributed by atoms with Crippen LogP contribution in [0.2, 0.25) is 0 Å². The second kappa shape index (κ2) is 5.36. The summed E-state index contributed by atoms with van der Waals surface area (Å²) in [5.41, 5.74) is -0.681. The van der Waals surface area contributed by atoms with Crippen LogP contribution in [0, 0.1) is 5.92 Å². The van der Waals surface area contributed by atoms with Crippen LogP contribution in [0.3, 0.4) is 0 Å². The van der Waals surface area contributed by atoms with Crippen molar-refractivity contribution in [3.05, 3.63) is 0 Å². The zero-order valence-electron chi connectivity index (χ0n) is 10.8. The molecule has 0 spiro atoms. The highest BCUT2D eigenvalue weighted by Gasteiger charge is 2.39. The van der Waals surface area contributed by atoms with Crippen molar-refractivity contribution in [2.75, 3.05) is 20.3 Å². The molecule has 0 amide bonds. The standard InChI is InChI=1S/C13H23NO3/c1-13(12(15)16-2,14-11-5-6-11)9-17-8-7-10-3-4-10/h10-11,14H,3-9H2,1-2H3. The third-order valence-corrected chi connectivity index (χ3v) is 3.49. The van der Waals surface area contributed by atoms with Gasteiger partial charge in [-0.05, 0) is 32.1 Å². The first-order valence-corrected chi connectivity index (χ1v) is 6.58. The summed E-state index contributed by atoms with van der Waals surface area (Å²) in [7, 11) is 1.43. The van der Waals surface area contributed by atoms with Crippen molar-refractivity contribution in [2.24, 2.45) is 5.92 Å². The molecule has 0 aromatic carbocycles. The molecule has 17 heavy (non-hydrogen) atoms. The van der Waals surface area contributed by atoms with E-state index in [9.17, 15) is 4.79 Å². The van der Waals surface area contributed by atoms with Gasteiger partial charge in [0.1, 0.15) is 5.54 Å². The summed E-state index contributed by atoms with van der Waals surface area (Å²) in [4.78, 5) is 11.8. The van der Waals surface area contributed by atoms with Crippen molar-refractivity contribution in [1.29, 1.82) is 0 Å². The largest absolute Gasteiger partial charge is 0.468 e. The maximum atomic E-state index is 11.8. The summed E-state index contributed by atoms with van der Waals surface area (Å²) in [5.74, 6) is 0.645. The van der Waals surface area contributed by atoms with E-state index in [1.54, 1.807) is 0 Å². The Labute approximate surface area is 103 Å². The van der Waals surface area contributed by atoms with Gasteiger partial charge >= 0.3 is 5.97 Å². The molecule has 0 heterocycles. The summed E-state index contributed by atoms with van der Waals surface area (Å²) in [6.07, 6.45) is 6.11. The number of hydrogen-bond acceptors (Lipinski definition) is 4. The van der Waals surface area contributed by atoms with E-state index < -0.39 is 5.54 Å². The van der Waals surface area contributed by atoms with E-state index in [2.05, 4.69) is 5.32 Å². The lowest BCUT2D eigenvalue weighted by atomic mass is 10.0. The minimum atomic E-state index is -0.681. The van der Waals surface area contributed by atoms with Gasteiger partial charge in [-0.2, -0.15) is 0 Å². The number of hydrogen-bond donors (Lipinski definition) is 1. The summed E-state index contributed by atoms with van der Waals surface area (Å²) >= 11 is 0. The van der Waals surface area contributed by atoms with E-state index in [1.807, 2.05) is 6.92 Å². The molecular formula is C13H23NO3. The van der Waals surface area contributed by atoms with E-state index in [4.69, 9.17) is 9.47 Å². The zero-order chi connectivity index (χ0) is 12.3. The highest BCUT2D eigenvalue weighted by atomic mass is 16.5. The first-order valence-electron chi connectivity index (χ1n) is 6.58. The van der Waals surface area contributed by atoms with Crippen LogP contribution >= 0.6 is 0 Å². The Bertz CT molecular complexity index is 274. The van der Waals surface area contributed by atoms with Gasteiger partial charge in [0.05, 0.1) is 13.7 Å². The molecule has 2 saturated carbocycles. The Kier molecular flexibility index (Phi) is 4.05. The predicted molar refractivity (Wildman–Crippen MR) is 64.7 cm³/mol. The van der Waals surface area contributed by atoms with Gasteiger partial charge in [0.15, 0.2) is 0 Å². The highest BCUT2D eigenvalue weighted by molar-refractivity contribution is 5.80. The molecule has 0 bridgehead atoms. The fourth-order valence-corrected chi connectivity index (χ4v) is 2.00. The van der Waals surface area contributed by atoms with E-state index in [1.165, 1.54) is 20.0 Å². The maximum absolute atomic E-state index is 11.8. The molecule has 2 aliphatic rings. The molecule has 2 rings (SSSR count). The number of esters is 1. The minimum absolute atomic E-state index is 0.226. The summed E-state index contributed by atoms with van der Waals surface area (Å²) in [5, 5.41) is 3.32. The van der Waals surface area contributed by atoms with Crippen molar-refractivity contribution in [2.45, 2.75) is 50.6 Å². The van der Waals surface area contributed by atoms with Crippen molar-refractivity contribution in [3.63, 3.8) is 0 Å². The van der Waals surface area contributed by atoms with Gasteiger partial charge in [-0.15, -0.1) is 0 Å². The third kappa shape index (κ3) is 3.96. The molecule has 2 aliphatic carbocycles. The van der Waals surface area contributed by atoms with Gasteiger partial charge in [0, 0.05) is 12.6 Å². The molecular weight excluding hydrogens is 218 g/mol. The summed E-state index contributed by atoms with van der Waals surface area (Å²) < 4.78 is 10.5. The molecule has 0 aromatic heterocycles. The smallest absolute Gasteiger partial charge is 0.328 e. The van der Waals surface area contributed by atoms with Crippen LogP contribution in [-0.2, 0) is 14.3 Å². The quantitative estimate of drug-likeness (QED) is 0.516. The van der Waals surface area contributed by atoms with Crippen LogP contribution in [0.25, 0.3) is 0 Å². The van der Waals surface area contributed by atoms with Gasteiger partial charge in [-0.25, -0.2) is 4.79 Å². The Morgan fingerprint density at radius 3 is 2.59 bits per heavy atom. The van der Waals surface area contributed by atoms with Gasteiger partial charge in [0.25, 0.3) is 0 Å². The minimum Gasteiger partial charge on any atom is -0.468 e. The number of rotatable bonds is 8. The molecule has 98 valence electrons. The molecule has 1 N–H and O–H groups in total. The van der Waals surface area contributed by atoms with Gasteiger partial charge < -0.3 is 9.47 Å². The first kappa shape index (κ1) is 12.8. The molecule has 0 aromatic rings. The second-order valence-electron chi connectivity index (χ2n) is 5.53. The normalized spacial score (nSPS) is 23.2. The molecule has 4 heteroatoms. The van der Waals surface area contributed by atoms with Crippen molar-refractivity contribution < 1.29 is 14.3 Å². The maximum Gasteiger partial charge on any atom is 0.328 e. The zero-order valence-corrected chi connectivity index (χ0v) is 10.8. The van der Waals surface area contributed by atoms with E-state index >= 15 is 0 Å². The number of carbonyl (C=O) groups excluding carboxylic acids is 1. The summed E-state index contributed by atoms with van der Waals surface area (Å²) in [6.45, 7) is 3.03. The van der Waals surface area contributed by atoms with Crippen LogP contribution < -0.4 is 5.32 Å². The Hall–Kier alpha value is -0.610. The molecule has 0 radical (unpaired) electrons. The Balaban J connectivity index is 1.73. The molecule has 4 nitrogen and oxygen atoms in total. The molecule has 0 saturated heterocycles. The first-order chi connectivity index (χ1) is 8.14. The Morgan fingerprint density at radius 2 is 2.06 bits per heavy atom. The van der Waals surface area contributed by atoms with E-state index in [0.29, 0.717) is 12.6 Å². The number of carbonyl (C=O) groups is 1. The van der Waals surface area contributed by atoms with Crippen molar-refractivity contribution >= 4 is 5.97 Å². The lowest BCUT2D eigenvalue weighted by Crippen LogP contribution is -2.54. The molecule has 2 fully saturated rings. The second-order valence-corrected chi connectivity index (χ2v) is 5.53. The number of ether oxygens (including phenoxy) is 2. The van der Waals surface area contributed by atoms with Crippen LogP contribution in [0.4, 0.5) is 0 Å². The molecule has 0 aliphatic heterocycles. The monoisotopic (exact) mass is 241 g/mol. The number of nitrogens with one attached hydrogen (secondary N) is 1. The Morgan fingerprint density at radius 1 is 1.35 bits per heavy atom. The van der Waals surface area contributed by atoms with Crippen LogP contribution in [0.15, 0.2) is 0 Å². The lowest BCUT2D eigenvalue weighted by molar-refractivity contribution is -0.150. The molecule has 1 unspecified atom stereocenters. The predicted octanol–water partition coefficient (Wildman–Crippen LogP) is 1.49. The van der Waals surface area contributed by atoms with E-state index in [-0.39, 0.29) is 5.97 Å². The van der Waals surface area contributed by atoms with Gasteiger partial charge in [-0.1, -0.05) is 12.8 Å². The fourth-order valence-electron chi connectivity index (χ4n) is 2.00. The SMILES string of the molecule is COC(=O)C(C)(COCCC1CC1)NC1CC1. The average Bonchev–Trinajstić information content (AvgIpc) is 3.17. The van der Waals surface area contributed by atoms with Crippen molar-refractivity contribution in [3.8, 4) is 0 Å². The van der Waals surface area contributed by atoms with Gasteiger partial charge in [0.2, 0.25) is 0 Å². The van der Waals surface area contributed by atoms with Gasteiger partial charge in [-0.3, -0.25) is 5.32 Å². The summed E-state index contributed by atoms with van der Waals surface area (Å²) in [6, 6.07) is 0.464.